The van der Waals surface area contributed by atoms with Crippen LogP contribution in [-0.4, -0.2) is 20.9 Å². The van der Waals surface area contributed by atoms with Crippen molar-refractivity contribution < 1.29 is 13.2 Å². The Balaban J connectivity index is 1.55. The summed E-state index contributed by atoms with van der Waals surface area (Å²) in [5.41, 5.74) is 5.97. The van der Waals surface area contributed by atoms with Gasteiger partial charge >= 0.3 is 0 Å². The van der Waals surface area contributed by atoms with Gasteiger partial charge < -0.3 is 5.32 Å². The van der Waals surface area contributed by atoms with E-state index in [1.54, 1.807) is 42.1 Å². The molecule has 1 N–H and O–H groups in total. The van der Waals surface area contributed by atoms with Crippen molar-refractivity contribution in [2.75, 3.05) is 16.2 Å². The van der Waals surface area contributed by atoms with Crippen molar-refractivity contribution in [2.24, 2.45) is 0 Å². The Hall–Kier alpha value is -3.55. The first kappa shape index (κ1) is 27.5. The Morgan fingerprint density at radius 1 is 0.789 bits per heavy atom. The third-order valence-electron chi connectivity index (χ3n) is 6.23. The number of carbonyl (C=O) groups is 1. The molecule has 0 aliphatic heterocycles. The first-order valence-corrected chi connectivity index (χ1v) is 14.8. The molecule has 4 aromatic rings. The summed E-state index contributed by atoms with van der Waals surface area (Å²) in [6.07, 6.45) is 0. The van der Waals surface area contributed by atoms with Gasteiger partial charge in [-0.15, -0.1) is 11.8 Å². The largest absolute Gasteiger partial charge is 0.324 e. The van der Waals surface area contributed by atoms with E-state index in [0.29, 0.717) is 11.4 Å². The van der Waals surface area contributed by atoms with E-state index in [-0.39, 0.29) is 11.4 Å². The van der Waals surface area contributed by atoms with Gasteiger partial charge in [0.15, 0.2) is 0 Å². The first-order chi connectivity index (χ1) is 18.1. The fourth-order valence-corrected chi connectivity index (χ4v) is 6.53. The van der Waals surface area contributed by atoms with Crippen molar-refractivity contribution in [3.63, 3.8) is 0 Å². The molecule has 1 amide bonds. The SMILES string of the molecule is Cc1ccc(S(=O)(=O)N(CC(=O)Nc2ccc(CSc3ccccc3)cc2C)c2ccc(C)cc2C)cc1. The van der Waals surface area contributed by atoms with Crippen molar-refractivity contribution in [3.05, 3.63) is 119 Å². The van der Waals surface area contributed by atoms with E-state index in [0.717, 1.165) is 33.6 Å². The monoisotopic (exact) mass is 544 g/mol. The number of carbonyl (C=O) groups excluding carboxylic acids is 1. The molecule has 0 fully saturated rings. The highest BCUT2D eigenvalue weighted by Crippen LogP contribution is 2.29. The highest BCUT2D eigenvalue weighted by Gasteiger charge is 2.28. The summed E-state index contributed by atoms with van der Waals surface area (Å²) >= 11 is 1.75. The standard InChI is InChI=1S/C31H32N2O3S2/c1-22-10-14-28(15-11-22)38(35,36)33(30-17-12-23(2)18-25(30)4)20-31(34)32-29-16-13-26(19-24(29)3)21-37-27-8-6-5-7-9-27/h5-19H,20-21H2,1-4H3,(H,32,34). The summed E-state index contributed by atoms with van der Waals surface area (Å²) in [4.78, 5) is 14.6. The van der Waals surface area contributed by atoms with Crippen LogP contribution in [0, 0.1) is 27.7 Å². The molecule has 0 spiro atoms. The van der Waals surface area contributed by atoms with Crippen molar-refractivity contribution in [1.82, 2.24) is 0 Å². The summed E-state index contributed by atoms with van der Waals surface area (Å²) in [6, 6.07) is 28.3. The summed E-state index contributed by atoms with van der Waals surface area (Å²) in [6.45, 7) is 7.31. The number of amides is 1. The quantitative estimate of drug-likeness (QED) is 0.229. The molecule has 0 saturated carbocycles. The van der Waals surface area contributed by atoms with E-state index >= 15 is 0 Å². The number of hydrogen-bond acceptors (Lipinski definition) is 4. The summed E-state index contributed by atoms with van der Waals surface area (Å²) in [5.74, 6) is 0.407. The minimum atomic E-state index is -3.97. The number of nitrogens with zero attached hydrogens (tertiary/aromatic N) is 1. The Morgan fingerprint density at radius 3 is 2.13 bits per heavy atom. The van der Waals surface area contributed by atoms with Gasteiger partial charge in [0.2, 0.25) is 5.91 Å². The molecule has 0 bridgehead atoms. The number of sulfonamides is 1. The predicted octanol–water partition coefficient (Wildman–Crippen LogP) is 7.05. The van der Waals surface area contributed by atoms with Gasteiger partial charge in [0, 0.05) is 16.3 Å². The van der Waals surface area contributed by atoms with Gasteiger partial charge in [-0.1, -0.05) is 65.7 Å². The second kappa shape index (κ2) is 11.9. The molecule has 4 aromatic carbocycles. The normalized spacial score (nSPS) is 11.3. The number of nitrogens with one attached hydrogen (secondary N) is 1. The molecule has 7 heteroatoms. The molecule has 0 radical (unpaired) electrons. The number of aryl methyl sites for hydroxylation is 4. The van der Waals surface area contributed by atoms with Crippen molar-refractivity contribution in [1.29, 1.82) is 0 Å². The van der Waals surface area contributed by atoms with Crippen molar-refractivity contribution in [3.8, 4) is 0 Å². The van der Waals surface area contributed by atoms with E-state index < -0.39 is 15.9 Å². The maximum atomic E-state index is 13.7. The summed E-state index contributed by atoms with van der Waals surface area (Å²) in [7, 11) is -3.97. The van der Waals surface area contributed by atoms with E-state index in [1.165, 1.54) is 9.20 Å². The predicted molar refractivity (Wildman–Crippen MR) is 157 cm³/mol. The van der Waals surface area contributed by atoms with Gasteiger partial charge in [0.1, 0.15) is 6.54 Å². The Bertz CT molecular complexity index is 1530. The molecule has 0 atom stereocenters. The molecule has 0 aromatic heterocycles. The van der Waals surface area contributed by atoms with E-state index in [1.807, 2.05) is 70.2 Å². The number of benzene rings is 4. The van der Waals surface area contributed by atoms with Crippen LogP contribution in [0.2, 0.25) is 0 Å². The maximum Gasteiger partial charge on any atom is 0.264 e. The third-order valence-corrected chi connectivity index (χ3v) is 9.09. The van der Waals surface area contributed by atoms with Gasteiger partial charge in [0.05, 0.1) is 10.6 Å². The van der Waals surface area contributed by atoms with Crippen molar-refractivity contribution in [2.45, 2.75) is 43.2 Å². The molecule has 38 heavy (non-hydrogen) atoms. The molecule has 0 aliphatic rings. The van der Waals surface area contributed by atoms with E-state index in [2.05, 4.69) is 23.5 Å². The Kier molecular flexibility index (Phi) is 8.59. The van der Waals surface area contributed by atoms with Crippen LogP contribution in [0.4, 0.5) is 11.4 Å². The lowest BCUT2D eigenvalue weighted by Gasteiger charge is -2.26. The van der Waals surface area contributed by atoms with Crippen LogP contribution in [0.15, 0.2) is 101 Å². The highest BCUT2D eigenvalue weighted by atomic mass is 32.2. The topological polar surface area (TPSA) is 66.5 Å². The zero-order valence-corrected chi connectivity index (χ0v) is 23.7. The van der Waals surface area contributed by atoms with Crippen LogP contribution in [0.5, 0.6) is 0 Å². The van der Waals surface area contributed by atoms with E-state index in [9.17, 15) is 13.2 Å². The number of thioether (sulfide) groups is 1. The van der Waals surface area contributed by atoms with Crippen LogP contribution in [0.25, 0.3) is 0 Å². The number of rotatable bonds is 9. The molecular formula is C31H32N2O3S2. The third kappa shape index (κ3) is 6.65. The molecule has 5 nitrogen and oxygen atoms in total. The fraction of sp³-hybridized carbons (Fsp3) is 0.194. The van der Waals surface area contributed by atoms with Crippen LogP contribution < -0.4 is 9.62 Å². The molecule has 4 rings (SSSR count). The summed E-state index contributed by atoms with van der Waals surface area (Å²) in [5, 5.41) is 2.92. The van der Waals surface area contributed by atoms with Gasteiger partial charge in [-0.05, 0) is 80.8 Å². The zero-order chi connectivity index (χ0) is 27.3. The second-order valence-electron chi connectivity index (χ2n) is 9.41. The lowest BCUT2D eigenvalue weighted by Crippen LogP contribution is -2.38. The van der Waals surface area contributed by atoms with Crippen LogP contribution in [0.3, 0.4) is 0 Å². The fourth-order valence-electron chi connectivity index (χ4n) is 4.18. The van der Waals surface area contributed by atoms with Crippen molar-refractivity contribution >= 4 is 39.1 Å². The van der Waals surface area contributed by atoms with E-state index in [4.69, 9.17) is 0 Å². The first-order valence-electron chi connectivity index (χ1n) is 12.4. The smallest absolute Gasteiger partial charge is 0.264 e. The minimum absolute atomic E-state index is 0.146. The second-order valence-corrected chi connectivity index (χ2v) is 12.3. The molecular weight excluding hydrogens is 512 g/mol. The zero-order valence-electron chi connectivity index (χ0n) is 22.1. The molecule has 196 valence electrons. The highest BCUT2D eigenvalue weighted by molar-refractivity contribution is 7.98. The van der Waals surface area contributed by atoms with Gasteiger partial charge in [-0.3, -0.25) is 9.10 Å². The van der Waals surface area contributed by atoms with Crippen LogP contribution in [0.1, 0.15) is 27.8 Å². The van der Waals surface area contributed by atoms with Crippen LogP contribution >= 0.6 is 11.8 Å². The average Bonchev–Trinajstić information content (AvgIpc) is 2.89. The molecule has 0 aliphatic carbocycles. The lowest BCUT2D eigenvalue weighted by atomic mass is 10.1. The lowest BCUT2D eigenvalue weighted by molar-refractivity contribution is -0.114. The van der Waals surface area contributed by atoms with Gasteiger partial charge in [-0.2, -0.15) is 0 Å². The van der Waals surface area contributed by atoms with Gasteiger partial charge in [0.25, 0.3) is 10.0 Å². The van der Waals surface area contributed by atoms with Crippen LogP contribution in [-0.2, 0) is 20.6 Å². The Labute approximate surface area is 230 Å². The summed E-state index contributed by atoms with van der Waals surface area (Å²) < 4.78 is 28.6. The molecule has 0 unspecified atom stereocenters. The molecule has 0 heterocycles. The maximum absolute atomic E-state index is 13.7. The minimum Gasteiger partial charge on any atom is -0.324 e. The Morgan fingerprint density at radius 2 is 1.47 bits per heavy atom. The van der Waals surface area contributed by atoms with Gasteiger partial charge in [-0.25, -0.2) is 8.42 Å². The number of anilines is 2. The number of hydrogen-bond donors (Lipinski definition) is 1. The molecule has 0 saturated heterocycles. The average molecular weight is 545 g/mol.